The summed E-state index contributed by atoms with van der Waals surface area (Å²) in [5.74, 6) is -0.367. The number of aryl methyl sites for hydroxylation is 1. The van der Waals surface area contributed by atoms with E-state index in [0.717, 1.165) is 28.1 Å². The third kappa shape index (κ3) is 3.79. The SMILES string of the molecule is C=CC(=O)N1CC2(CCN(c3nc4c(c(-c5c(O)cccc5F)c3C#N)CCC(c3scnc3C)=C4)C2)C1. The molecular weight excluding hydrogens is 501 g/mol. The Balaban J connectivity index is 1.49. The number of aromatic nitrogens is 2. The summed E-state index contributed by atoms with van der Waals surface area (Å²) in [5.41, 5.74) is 5.99. The van der Waals surface area contributed by atoms with Crippen LogP contribution >= 0.6 is 11.3 Å². The first-order chi connectivity index (χ1) is 18.3. The van der Waals surface area contributed by atoms with Crippen LogP contribution in [0, 0.1) is 29.5 Å². The maximum Gasteiger partial charge on any atom is 0.245 e. The molecule has 0 radical (unpaired) electrons. The summed E-state index contributed by atoms with van der Waals surface area (Å²) in [6.07, 6.45) is 5.47. The number of carbonyl (C=O) groups is 1. The molecule has 1 spiro atoms. The topological polar surface area (TPSA) is 93.4 Å². The summed E-state index contributed by atoms with van der Waals surface area (Å²) in [6, 6.07) is 6.51. The number of thiazole rings is 1. The van der Waals surface area contributed by atoms with Crippen LogP contribution in [-0.2, 0) is 11.2 Å². The number of anilines is 1. The van der Waals surface area contributed by atoms with E-state index in [2.05, 4.69) is 22.5 Å². The van der Waals surface area contributed by atoms with Crippen LogP contribution in [0.15, 0.2) is 36.4 Å². The van der Waals surface area contributed by atoms with Gasteiger partial charge in [0, 0.05) is 37.2 Å². The predicted octanol–water partition coefficient (Wildman–Crippen LogP) is 4.94. The average Bonchev–Trinajstić information content (AvgIpc) is 3.53. The number of fused-ring (bicyclic) bond motifs is 1. The second-order valence-electron chi connectivity index (χ2n) is 10.3. The van der Waals surface area contributed by atoms with Crippen LogP contribution in [0.4, 0.5) is 10.2 Å². The number of aromatic hydroxyl groups is 1. The molecule has 2 aliphatic heterocycles. The van der Waals surface area contributed by atoms with E-state index < -0.39 is 5.82 Å². The van der Waals surface area contributed by atoms with Crippen LogP contribution in [0.5, 0.6) is 5.75 Å². The molecule has 7 nitrogen and oxygen atoms in total. The number of benzene rings is 1. The molecule has 2 fully saturated rings. The molecule has 0 saturated carbocycles. The molecule has 3 aromatic rings. The van der Waals surface area contributed by atoms with Crippen molar-refractivity contribution in [3.8, 4) is 22.9 Å². The molecule has 2 saturated heterocycles. The van der Waals surface area contributed by atoms with Crippen molar-refractivity contribution in [2.45, 2.75) is 26.2 Å². The highest BCUT2D eigenvalue weighted by Gasteiger charge is 2.49. The molecule has 0 unspecified atom stereocenters. The highest BCUT2D eigenvalue weighted by Crippen LogP contribution is 2.47. The molecule has 1 aromatic carbocycles. The maximum absolute atomic E-state index is 15.3. The molecule has 0 atom stereocenters. The number of carbonyl (C=O) groups excluding carboxylic acids is 1. The lowest BCUT2D eigenvalue weighted by Crippen LogP contribution is -2.59. The van der Waals surface area contributed by atoms with Crippen molar-refractivity contribution in [2.24, 2.45) is 5.41 Å². The van der Waals surface area contributed by atoms with Crippen molar-refractivity contribution < 1.29 is 14.3 Å². The Morgan fingerprint density at radius 3 is 2.79 bits per heavy atom. The Hall–Kier alpha value is -4.03. The van der Waals surface area contributed by atoms with Crippen LogP contribution in [0.2, 0.25) is 0 Å². The fraction of sp³-hybridized carbons (Fsp3) is 0.310. The Morgan fingerprint density at radius 2 is 2.11 bits per heavy atom. The van der Waals surface area contributed by atoms with Crippen molar-refractivity contribution in [3.63, 3.8) is 0 Å². The molecule has 3 aliphatic rings. The maximum atomic E-state index is 15.3. The van der Waals surface area contributed by atoms with Crippen molar-refractivity contribution in [1.29, 1.82) is 5.26 Å². The number of hydrogen-bond donors (Lipinski definition) is 1. The number of phenols is 1. The molecule has 6 rings (SSSR count). The second-order valence-corrected chi connectivity index (χ2v) is 11.2. The molecule has 1 aliphatic carbocycles. The van der Waals surface area contributed by atoms with E-state index in [9.17, 15) is 15.2 Å². The van der Waals surface area contributed by atoms with E-state index in [0.29, 0.717) is 56.1 Å². The van der Waals surface area contributed by atoms with Gasteiger partial charge < -0.3 is 14.9 Å². The van der Waals surface area contributed by atoms with Gasteiger partial charge in [0.05, 0.1) is 27.3 Å². The summed E-state index contributed by atoms with van der Waals surface area (Å²) in [5, 5.41) is 21.1. The fourth-order valence-corrected chi connectivity index (χ4v) is 6.93. The third-order valence-corrected chi connectivity index (χ3v) is 8.94. The fourth-order valence-electron chi connectivity index (χ4n) is 6.08. The molecule has 1 N–H and O–H groups in total. The summed E-state index contributed by atoms with van der Waals surface area (Å²) >= 11 is 1.58. The normalized spacial score (nSPS) is 17.6. The molecule has 9 heteroatoms. The number of rotatable bonds is 4. The number of likely N-dealkylation sites (tertiary alicyclic amines) is 1. The van der Waals surface area contributed by atoms with Crippen LogP contribution in [0.1, 0.15) is 40.2 Å². The van der Waals surface area contributed by atoms with Crippen molar-refractivity contribution in [1.82, 2.24) is 14.9 Å². The van der Waals surface area contributed by atoms with Crippen molar-refractivity contribution in [3.05, 3.63) is 69.6 Å². The molecule has 0 bridgehead atoms. The Morgan fingerprint density at radius 1 is 1.29 bits per heavy atom. The Kier molecular flexibility index (Phi) is 5.80. The number of hydrogen-bond acceptors (Lipinski definition) is 7. The lowest BCUT2D eigenvalue weighted by Gasteiger charge is -2.47. The predicted molar refractivity (Wildman–Crippen MR) is 145 cm³/mol. The lowest BCUT2D eigenvalue weighted by molar-refractivity contribution is -0.136. The minimum absolute atomic E-state index is 0.0371. The van der Waals surface area contributed by atoms with Gasteiger partial charge in [0.2, 0.25) is 5.91 Å². The van der Waals surface area contributed by atoms with E-state index in [-0.39, 0.29) is 28.2 Å². The summed E-state index contributed by atoms with van der Waals surface area (Å²) in [6.45, 7) is 8.14. The monoisotopic (exact) mass is 527 g/mol. The van der Waals surface area contributed by atoms with Gasteiger partial charge in [0.25, 0.3) is 0 Å². The minimum Gasteiger partial charge on any atom is -0.507 e. The third-order valence-electron chi connectivity index (χ3n) is 7.93. The summed E-state index contributed by atoms with van der Waals surface area (Å²) < 4.78 is 15.3. The summed E-state index contributed by atoms with van der Waals surface area (Å²) in [4.78, 5) is 26.4. The first-order valence-electron chi connectivity index (χ1n) is 12.6. The van der Waals surface area contributed by atoms with E-state index in [1.54, 1.807) is 16.2 Å². The van der Waals surface area contributed by atoms with Crippen LogP contribution in [0.25, 0.3) is 22.8 Å². The zero-order chi connectivity index (χ0) is 26.6. The molecule has 4 heterocycles. The highest BCUT2D eigenvalue weighted by molar-refractivity contribution is 7.11. The number of amides is 1. The number of allylic oxidation sites excluding steroid dienone is 1. The first kappa shape index (κ1) is 24.3. The quantitative estimate of drug-likeness (QED) is 0.483. The number of halogens is 1. The first-order valence-corrected chi connectivity index (χ1v) is 13.4. The van der Waals surface area contributed by atoms with Crippen LogP contribution in [-0.4, -0.2) is 52.1 Å². The Labute approximate surface area is 224 Å². The summed E-state index contributed by atoms with van der Waals surface area (Å²) in [7, 11) is 0. The molecule has 1 amide bonds. The van der Waals surface area contributed by atoms with Crippen LogP contribution < -0.4 is 4.90 Å². The molecule has 38 heavy (non-hydrogen) atoms. The molecular formula is C29H26FN5O2S. The van der Waals surface area contributed by atoms with Gasteiger partial charge in [0.15, 0.2) is 0 Å². The number of nitriles is 1. The number of nitrogens with zero attached hydrogens (tertiary/aromatic N) is 5. The smallest absolute Gasteiger partial charge is 0.245 e. The zero-order valence-electron chi connectivity index (χ0n) is 21.0. The zero-order valence-corrected chi connectivity index (χ0v) is 21.8. The van der Waals surface area contributed by atoms with Gasteiger partial charge in [-0.05, 0) is 61.6 Å². The largest absolute Gasteiger partial charge is 0.507 e. The second kappa shape index (κ2) is 9.07. The van der Waals surface area contributed by atoms with Gasteiger partial charge in [-0.15, -0.1) is 11.3 Å². The standard InChI is InChI=1S/C29H26FN5O2S/c1-3-24(37)35-14-29(15-35)9-10-34(13-29)28-20(12-31)25(26-21(30)5-4-6-23(26)36)19-8-7-18(11-22(19)33-28)27-17(2)32-16-38-27/h3-6,11,16,36H,1,7-10,13-15H2,2H3. The van der Waals surface area contributed by atoms with Crippen LogP contribution in [0.3, 0.4) is 0 Å². The van der Waals surface area contributed by atoms with Crippen molar-refractivity contribution >= 4 is 34.7 Å². The highest BCUT2D eigenvalue weighted by atomic mass is 32.1. The van der Waals surface area contributed by atoms with Gasteiger partial charge in [-0.3, -0.25) is 4.79 Å². The van der Waals surface area contributed by atoms with Crippen molar-refractivity contribution in [2.75, 3.05) is 31.1 Å². The lowest BCUT2D eigenvalue weighted by atomic mass is 9.79. The molecule has 2 aromatic heterocycles. The van der Waals surface area contributed by atoms with E-state index >= 15 is 4.39 Å². The Bertz CT molecular complexity index is 1540. The van der Waals surface area contributed by atoms with Gasteiger partial charge >= 0.3 is 0 Å². The van der Waals surface area contributed by atoms with Gasteiger partial charge in [-0.2, -0.15) is 5.26 Å². The van der Waals surface area contributed by atoms with Gasteiger partial charge in [0.1, 0.15) is 29.0 Å². The number of phenolic OH excluding ortho intramolecular Hbond substituents is 1. The molecule has 192 valence electrons. The van der Waals surface area contributed by atoms with Gasteiger partial charge in [-0.1, -0.05) is 12.6 Å². The number of pyridine rings is 1. The van der Waals surface area contributed by atoms with E-state index in [1.165, 1.54) is 24.3 Å². The average molecular weight is 528 g/mol. The van der Waals surface area contributed by atoms with E-state index in [1.807, 2.05) is 18.5 Å². The van der Waals surface area contributed by atoms with Gasteiger partial charge in [-0.25, -0.2) is 14.4 Å². The van der Waals surface area contributed by atoms with E-state index in [4.69, 9.17) is 4.98 Å². The minimum atomic E-state index is -0.579.